The van der Waals surface area contributed by atoms with Crippen molar-refractivity contribution in [3.63, 3.8) is 0 Å². The van der Waals surface area contributed by atoms with Gasteiger partial charge < -0.3 is 11.1 Å². The van der Waals surface area contributed by atoms with Gasteiger partial charge in [-0.15, -0.1) is 0 Å². The highest BCUT2D eigenvalue weighted by molar-refractivity contribution is 7.98. The number of aryl methyl sites for hydroxylation is 1. The van der Waals surface area contributed by atoms with Crippen LogP contribution in [0.1, 0.15) is 18.9 Å². The van der Waals surface area contributed by atoms with Crippen molar-refractivity contribution in [2.24, 2.45) is 5.73 Å². The van der Waals surface area contributed by atoms with Crippen molar-refractivity contribution < 1.29 is 4.79 Å². The molecule has 1 unspecified atom stereocenters. The highest BCUT2D eigenvalue weighted by Gasteiger charge is 2.05. The van der Waals surface area contributed by atoms with Gasteiger partial charge in [-0.25, -0.2) is 0 Å². The summed E-state index contributed by atoms with van der Waals surface area (Å²) in [5.74, 6) is 1.09. The number of anilines is 1. The summed E-state index contributed by atoms with van der Waals surface area (Å²) in [4.78, 5) is 11.5. The van der Waals surface area contributed by atoms with E-state index in [1.165, 1.54) is 5.56 Å². The molecule has 94 valence electrons. The first-order chi connectivity index (χ1) is 8.11. The molecule has 0 aliphatic rings. The average molecular weight is 252 g/mol. The number of hydrogen-bond donors (Lipinski definition) is 2. The monoisotopic (exact) mass is 252 g/mol. The molecule has 3 N–H and O–H groups in total. The predicted molar refractivity (Wildman–Crippen MR) is 75.4 cm³/mol. The number of thioether (sulfide) groups is 1. The molecule has 1 aromatic rings. The molecule has 0 spiro atoms. The van der Waals surface area contributed by atoms with Gasteiger partial charge in [-0.1, -0.05) is 12.1 Å². The zero-order chi connectivity index (χ0) is 12.7. The number of nitrogens with one attached hydrogen (secondary N) is 1. The van der Waals surface area contributed by atoms with Crippen LogP contribution in [0.25, 0.3) is 0 Å². The van der Waals surface area contributed by atoms with E-state index in [0.717, 1.165) is 17.9 Å². The summed E-state index contributed by atoms with van der Waals surface area (Å²) in [5.41, 5.74) is 7.70. The van der Waals surface area contributed by atoms with Gasteiger partial charge in [-0.05, 0) is 43.0 Å². The Labute approximate surface area is 107 Å². The molecular weight excluding hydrogens is 232 g/mol. The summed E-state index contributed by atoms with van der Waals surface area (Å²) < 4.78 is 0. The fraction of sp³-hybridized carbons (Fsp3) is 0.462. The van der Waals surface area contributed by atoms with Crippen LogP contribution in [-0.2, 0) is 11.2 Å². The van der Waals surface area contributed by atoms with Crippen molar-refractivity contribution in [2.45, 2.75) is 25.8 Å². The van der Waals surface area contributed by atoms with Gasteiger partial charge >= 0.3 is 0 Å². The largest absolute Gasteiger partial charge is 0.327 e. The Balaban J connectivity index is 2.47. The fourth-order valence-corrected chi connectivity index (χ4v) is 1.92. The predicted octanol–water partition coefficient (Wildman–Crippen LogP) is 2.27. The van der Waals surface area contributed by atoms with E-state index in [4.69, 9.17) is 5.73 Å². The quantitative estimate of drug-likeness (QED) is 0.816. The molecule has 0 bridgehead atoms. The molecule has 0 heterocycles. The van der Waals surface area contributed by atoms with Crippen molar-refractivity contribution >= 4 is 23.4 Å². The van der Waals surface area contributed by atoms with Crippen molar-refractivity contribution in [1.29, 1.82) is 0 Å². The van der Waals surface area contributed by atoms with Gasteiger partial charge in [0.15, 0.2) is 0 Å². The Morgan fingerprint density at radius 3 is 2.59 bits per heavy atom. The summed E-state index contributed by atoms with van der Waals surface area (Å²) in [6.07, 6.45) is 3.52. The lowest BCUT2D eigenvalue weighted by atomic mass is 10.1. The Morgan fingerprint density at radius 2 is 2.06 bits per heavy atom. The second-order valence-electron chi connectivity index (χ2n) is 4.17. The summed E-state index contributed by atoms with van der Waals surface area (Å²) in [5, 5.41) is 2.83. The van der Waals surface area contributed by atoms with Crippen LogP contribution in [0, 0.1) is 0 Å². The maximum absolute atomic E-state index is 11.5. The van der Waals surface area contributed by atoms with E-state index in [1.54, 1.807) is 0 Å². The Bertz CT molecular complexity index is 349. The molecule has 1 atom stereocenters. The van der Waals surface area contributed by atoms with Crippen LogP contribution in [0.3, 0.4) is 0 Å². The molecule has 0 aromatic heterocycles. The standard InChI is InChI=1S/C13H20N2OS/c1-10(14)9-13(16)15-12-5-3-11(4-6-12)7-8-17-2/h3-6,10H,7-9,14H2,1-2H3,(H,15,16). The first kappa shape index (κ1) is 14.1. The minimum absolute atomic E-state index is 0.0307. The number of amides is 1. The highest BCUT2D eigenvalue weighted by Crippen LogP contribution is 2.11. The highest BCUT2D eigenvalue weighted by atomic mass is 32.2. The number of hydrogen-bond acceptors (Lipinski definition) is 3. The van der Waals surface area contributed by atoms with Crippen molar-refractivity contribution in [3.05, 3.63) is 29.8 Å². The fourth-order valence-electron chi connectivity index (χ4n) is 1.48. The molecule has 17 heavy (non-hydrogen) atoms. The zero-order valence-electron chi connectivity index (χ0n) is 10.4. The topological polar surface area (TPSA) is 55.1 Å². The molecule has 0 saturated heterocycles. The third-order valence-corrected chi connectivity index (χ3v) is 2.95. The van der Waals surface area contributed by atoms with Gasteiger partial charge in [0.1, 0.15) is 0 Å². The normalized spacial score (nSPS) is 12.2. The summed E-state index contributed by atoms with van der Waals surface area (Å²) in [6.45, 7) is 1.82. The number of carbonyl (C=O) groups excluding carboxylic acids is 1. The van der Waals surface area contributed by atoms with E-state index in [-0.39, 0.29) is 11.9 Å². The Kier molecular flexibility index (Phi) is 6.08. The number of benzene rings is 1. The van der Waals surface area contributed by atoms with Crippen LogP contribution < -0.4 is 11.1 Å². The van der Waals surface area contributed by atoms with Gasteiger partial charge in [-0.3, -0.25) is 4.79 Å². The van der Waals surface area contributed by atoms with Crippen molar-refractivity contribution in [3.8, 4) is 0 Å². The maximum atomic E-state index is 11.5. The number of carbonyl (C=O) groups is 1. The molecule has 0 fully saturated rings. The van der Waals surface area contributed by atoms with E-state index in [0.29, 0.717) is 6.42 Å². The molecule has 1 amide bonds. The van der Waals surface area contributed by atoms with Crippen molar-refractivity contribution in [1.82, 2.24) is 0 Å². The minimum atomic E-state index is -0.101. The van der Waals surface area contributed by atoms with Crippen LogP contribution in [0.2, 0.25) is 0 Å². The molecule has 0 radical (unpaired) electrons. The van der Waals surface area contributed by atoms with E-state index >= 15 is 0 Å². The molecule has 0 saturated carbocycles. The molecule has 4 heteroatoms. The summed E-state index contributed by atoms with van der Waals surface area (Å²) in [7, 11) is 0. The first-order valence-electron chi connectivity index (χ1n) is 5.75. The second-order valence-corrected chi connectivity index (χ2v) is 5.15. The third-order valence-electron chi connectivity index (χ3n) is 2.34. The molecule has 0 aliphatic heterocycles. The number of nitrogens with two attached hydrogens (primary N) is 1. The van der Waals surface area contributed by atoms with Crippen LogP contribution in [0.4, 0.5) is 5.69 Å². The SMILES string of the molecule is CSCCc1ccc(NC(=O)CC(C)N)cc1. The lowest BCUT2D eigenvalue weighted by molar-refractivity contribution is -0.116. The lowest BCUT2D eigenvalue weighted by Crippen LogP contribution is -2.23. The minimum Gasteiger partial charge on any atom is -0.327 e. The Morgan fingerprint density at radius 1 is 1.41 bits per heavy atom. The summed E-state index contributed by atoms with van der Waals surface area (Å²) in [6, 6.07) is 7.88. The van der Waals surface area contributed by atoms with E-state index in [1.807, 2.05) is 30.8 Å². The molecule has 0 aliphatic carbocycles. The van der Waals surface area contributed by atoms with Crippen molar-refractivity contribution in [2.75, 3.05) is 17.3 Å². The van der Waals surface area contributed by atoms with Crippen LogP contribution in [0.5, 0.6) is 0 Å². The van der Waals surface area contributed by atoms with E-state index in [9.17, 15) is 4.79 Å². The summed E-state index contributed by atoms with van der Waals surface area (Å²) >= 11 is 1.83. The van der Waals surface area contributed by atoms with E-state index in [2.05, 4.69) is 23.7 Å². The second kappa shape index (κ2) is 7.35. The first-order valence-corrected chi connectivity index (χ1v) is 7.14. The molecule has 1 aromatic carbocycles. The maximum Gasteiger partial charge on any atom is 0.225 e. The van der Waals surface area contributed by atoms with Crippen LogP contribution >= 0.6 is 11.8 Å². The van der Waals surface area contributed by atoms with E-state index < -0.39 is 0 Å². The Hall–Kier alpha value is -1.00. The third kappa shape index (κ3) is 5.75. The van der Waals surface area contributed by atoms with Gasteiger partial charge in [0.2, 0.25) is 5.91 Å². The van der Waals surface area contributed by atoms with Crippen LogP contribution in [-0.4, -0.2) is 24.0 Å². The lowest BCUT2D eigenvalue weighted by Gasteiger charge is -2.08. The molecule has 3 nitrogen and oxygen atoms in total. The number of rotatable bonds is 6. The molecule has 1 rings (SSSR count). The van der Waals surface area contributed by atoms with Gasteiger partial charge in [0.05, 0.1) is 0 Å². The molecular formula is C13H20N2OS. The van der Waals surface area contributed by atoms with Gasteiger partial charge in [0, 0.05) is 18.2 Å². The average Bonchev–Trinajstić information content (AvgIpc) is 2.27. The van der Waals surface area contributed by atoms with Gasteiger partial charge in [0.25, 0.3) is 0 Å². The smallest absolute Gasteiger partial charge is 0.225 e. The van der Waals surface area contributed by atoms with Crippen LogP contribution in [0.15, 0.2) is 24.3 Å². The van der Waals surface area contributed by atoms with Gasteiger partial charge in [-0.2, -0.15) is 11.8 Å². The zero-order valence-corrected chi connectivity index (χ0v) is 11.2.